The molecule has 0 aromatic rings. The Hall–Kier alpha value is -3.01. The summed E-state index contributed by atoms with van der Waals surface area (Å²) >= 11 is 0. The molecule has 0 saturated heterocycles. The van der Waals surface area contributed by atoms with Crippen LogP contribution in [0.15, 0.2) is 0 Å². The largest absolute Gasteiger partial charge is 0.444 e. The van der Waals surface area contributed by atoms with Gasteiger partial charge >= 0.3 is 12.2 Å². The highest BCUT2D eigenvalue weighted by molar-refractivity contribution is 5.73. The van der Waals surface area contributed by atoms with Crippen LogP contribution in [0, 0.1) is 22.7 Å². The van der Waals surface area contributed by atoms with Gasteiger partial charge in [-0.1, -0.05) is 19.3 Å². The van der Waals surface area contributed by atoms with Crippen molar-refractivity contribution in [2.24, 2.45) is 0 Å². The summed E-state index contributed by atoms with van der Waals surface area (Å²) in [7, 11) is 0. The maximum Gasteiger partial charge on any atom is 0.407 e. The van der Waals surface area contributed by atoms with E-state index < -0.39 is 17.3 Å². The molecule has 0 aliphatic heterocycles. The molecule has 0 aromatic carbocycles. The van der Waals surface area contributed by atoms with Gasteiger partial charge in [0.05, 0.1) is 18.6 Å². The number of alkyl carbamates (subject to hydrolysis) is 2. The second-order valence-corrected chi connectivity index (χ2v) is 10.7. The van der Waals surface area contributed by atoms with Gasteiger partial charge in [-0.2, -0.15) is 10.5 Å². The summed E-state index contributed by atoms with van der Waals surface area (Å²) in [5.74, 6) is -0.0275. The monoisotopic (exact) mass is 523 g/mol. The summed E-state index contributed by atoms with van der Waals surface area (Å²) < 4.78 is 10.2. The molecule has 10 nitrogen and oxygen atoms in total. The van der Waals surface area contributed by atoms with E-state index in [0.29, 0.717) is 39.0 Å². The summed E-state index contributed by atoms with van der Waals surface area (Å²) in [6, 6.07) is 4.16. The van der Waals surface area contributed by atoms with Crippen LogP contribution >= 0.6 is 0 Å². The van der Waals surface area contributed by atoms with Crippen LogP contribution in [0.25, 0.3) is 0 Å². The topological polar surface area (TPSA) is 145 Å². The third-order valence-electron chi connectivity index (χ3n) is 4.60. The number of nitrogens with zero attached hydrogens (tertiary/aromatic N) is 3. The van der Waals surface area contributed by atoms with Crippen LogP contribution in [0.5, 0.6) is 0 Å². The Bertz CT molecular complexity index is 729. The SMILES string of the molecule is CC(=O)N(CCC#N)CCCCNC(=O)OC(C)(C)C.CC(C)(C)OC(=O)NCCCCCCCC#N. The van der Waals surface area contributed by atoms with Crippen molar-refractivity contribution in [1.29, 1.82) is 10.5 Å². The van der Waals surface area contributed by atoms with Crippen molar-refractivity contribution in [3.05, 3.63) is 0 Å². The molecule has 0 heterocycles. The minimum atomic E-state index is -0.493. The second kappa shape index (κ2) is 21.1. The lowest BCUT2D eigenvalue weighted by atomic mass is 10.1. The fourth-order valence-corrected chi connectivity index (χ4v) is 2.91. The van der Waals surface area contributed by atoms with Crippen molar-refractivity contribution < 1.29 is 23.9 Å². The standard InChI is InChI=1S/C14H25N3O3.C13H24N2O2/c1-12(18)17(11-7-8-15)10-6-5-9-16-13(19)20-14(2,3)4;1-13(2,3)17-12(16)15-11-9-7-5-4-6-8-10-14/h5-7,9-11H2,1-4H3,(H,16,19);4-9,11H2,1-3H3,(H,15,16). The van der Waals surface area contributed by atoms with Gasteiger partial charge in [0.1, 0.15) is 11.2 Å². The molecule has 0 bridgehead atoms. The summed E-state index contributed by atoms with van der Waals surface area (Å²) in [6.45, 7) is 14.7. The van der Waals surface area contributed by atoms with Crippen molar-refractivity contribution in [1.82, 2.24) is 15.5 Å². The smallest absolute Gasteiger partial charge is 0.407 e. The molecule has 0 aliphatic rings. The van der Waals surface area contributed by atoms with Crippen molar-refractivity contribution in [2.75, 3.05) is 26.2 Å². The van der Waals surface area contributed by atoms with E-state index in [1.54, 1.807) is 4.90 Å². The highest BCUT2D eigenvalue weighted by Crippen LogP contribution is 2.08. The number of unbranched alkanes of at least 4 members (excludes halogenated alkanes) is 6. The van der Waals surface area contributed by atoms with Gasteiger partial charge < -0.3 is 25.0 Å². The summed E-state index contributed by atoms with van der Waals surface area (Å²) in [5, 5.41) is 22.3. The van der Waals surface area contributed by atoms with E-state index in [1.807, 2.05) is 47.6 Å². The van der Waals surface area contributed by atoms with E-state index >= 15 is 0 Å². The summed E-state index contributed by atoms with van der Waals surface area (Å²) in [4.78, 5) is 35.6. The molecule has 0 unspecified atom stereocenters. The summed E-state index contributed by atoms with van der Waals surface area (Å²) in [6.07, 6.45) is 7.01. The lowest BCUT2D eigenvalue weighted by Crippen LogP contribution is -2.34. The van der Waals surface area contributed by atoms with E-state index in [2.05, 4.69) is 16.7 Å². The number of amides is 3. The average molecular weight is 524 g/mol. The number of hydrogen-bond donors (Lipinski definition) is 2. The third-order valence-corrected chi connectivity index (χ3v) is 4.60. The molecular formula is C27H49N5O5. The van der Waals surface area contributed by atoms with Crippen LogP contribution in [0.3, 0.4) is 0 Å². The highest BCUT2D eigenvalue weighted by atomic mass is 16.6. The molecule has 0 aromatic heterocycles. The quantitative estimate of drug-likeness (QED) is 0.289. The van der Waals surface area contributed by atoms with Crippen molar-refractivity contribution >= 4 is 18.1 Å². The van der Waals surface area contributed by atoms with E-state index in [-0.39, 0.29) is 12.0 Å². The Morgan fingerprint density at radius 3 is 1.54 bits per heavy atom. The van der Waals surface area contributed by atoms with Crippen molar-refractivity contribution in [2.45, 2.75) is 117 Å². The van der Waals surface area contributed by atoms with Gasteiger partial charge in [-0.05, 0) is 67.2 Å². The van der Waals surface area contributed by atoms with Gasteiger partial charge in [0.15, 0.2) is 0 Å². The van der Waals surface area contributed by atoms with Crippen LogP contribution in [0.4, 0.5) is 9.59 Å². The van der Waals surface area contributed by atoms with Gasteiger partial charge in [0.25, 0.3) is 0 Å². The van der Waals surface area contributed by atoms with Crippen LogP contribution in [0.2, 0.25) is 0 Å². The normalized spacial score (nSPS) is 10.6. The molecule has 0 rings (SSSR count). The van der Waals surface area contributed by atoms with Crippen molar-refractivity contribution in [3.8, 4) is 12.1 Å². The first-order valence-corrected chi connectivity index (χ1v) is 13.1. The Balaban J connectivity index is 0. The molecule has 10 heteroatoms. The molecule has 212 valence electrons. The second-order valence-electron chi connectivity index (χ2n) is 10.7. The van der Waals surface area contributed by atoms with Gasteiger partial charge in [0, 0.05) is 39.5 Å². The first-order valence-electron chi connectivity index (χ1n) is 13.1. The van der Waals surface area contributed by atoms with Crippen molar-refractivity contribution in [3.63, 3.8) is 0 Å². The average Bonchev–Trinajstić information content (AvgIpc) is 2.75. The predicted molar refractivity (Wildman–Crippen MR) is 144 cm³/mol. The van der Waals surface area contributed by atoms with Gasteiger partial charge in [-0.15, -0.1) is 0 Å². The molecule has 0 radical (unpaired) electrons. The zero-order valence-corrected chi connectivity index (χ0v) is 24.1. The highest BCUT2D eigenvalue weighted by Gasteiger charge is 2.16. The first-order chi connectivity index (χ1) is 17.2. The number of hydrogen-bond acceptors (Lipinski definition) is 7. The third kappa shape index (κ3) is 29.1. The molecule has 0 aliphatic carbocycles. The van der Waals surface area contributed by atoms with Crippen LogP contribution in [-0.2, 0) is 14.3 Å². The number of ether oxygens (including phenoxy) is 2. The van der Waals surface area contributed by atoms with E-state index in [1.165, 1.54) is 6.92 Å². The molecule has 0 fully saturated rings. The minimum Gasteiger partial charge on any atom is -0.444 e. The van der Waals surface area contributed by atoms with Gasteiger partial charge in [-0.25, -0.2) is 9.59 Å². The fraction of sp³-hybridized carbons (Fsp3) is 0.815. The molecule has 3 amide bonds. The first kappa shape index (κ1) is 36.1. The Kier molecular flexibility index (Phi) is 20.6. The minimum absolute atomic E-state index is 0.0275. The number of carbonyl (C=O) groups is 3. The predicted octanol–water partition coefficient (Wildman–Crippen LogP) is 5.43. The Morgan fingerprint density at radius 2 is 1.11 bits per heavy atom. The number of carbonyl (C=O) groups excluding carboxylic acids is 3. The van der Waals surface area contributed by atoms with E-state index in [0.717, 1.165) is 44.9 Å². The lowest BCUT2D eigenvalue weighted by molar-refractivity contribution is -0.128. The fourth-order valence-electron chi connectivity index (χ4n) is 2.91. The van der Waals surface area contributed by atoms with E-state index in [9.17, 15) is 14.4 Å². The van der Waals surface area contributed by atoms with Gasteiger partial charge in [0.2, 0.25) is 5.91 Å². The Morgan fingerprint density at radius 1 is 0.676 bits per heavy atom. The number of rotatable bonds is 14. The molecule has 0 spiro atoms. The zero-order chi connectivity index (χ0) is 28.7. The maximum atomic E-state index is 11.4. The maximum absolute atomic E-state index is 11.4. The van der Waals surface area contributed by atoms with Gasteiger partial charge in [-0.3, -0.25) is 4.79 Å². The molecule has 0 atom stereocenters. The number of nitriles is 2. The number of nitrogens with one attached hydrogen (secondary N) is 2. The zero-order valence-electron chi connectivity index (χ0n) is 24.1. The molecular weight excluding hydrogens is 474 g/mol. The molecule has 37 heavy (non-hydrogen) atoms. The lowest BCUT2D eigenvalue weighted by Gasteiger charge is -2.20. The molecule has 0 saturated carbocycles. The molecule has 2 N–H and O–H groups in total. The Labute approximate surface area is 224 Å². The van der Waals surface area contributed by atoms with Crippen LogP contribution in [0.1, 0.15) is 106 Å². The van der Waals surface area contributed by atoms with Crippen LogP contribution < -0.4 is 10.6 Å². The summed E-state index contributed by atoms with van der Waals surface area (Å²) in [5.41, 5.74) is -0.922. The van der Waals surface area contributed by atoms with Crippen LogP contribution in [-0.4, -0.2) is 60.4 Å². The van der Waals surface area contributed by atoms with E-state index in [4.69, 9.17) is 20.0 Å².